The van der Waals surface area contributed by atoms with E-state index in [0.29, 0.717) is 31.7 Å². The van der Waals surface area contributed by atoms with Crippen LogP contribution in [0.15, 0.2) is 29.2 Å². The van der Waals surface area contributed by atoms with Gasteiger partial charge in [0.2, 0.25) is 21.8 Å². The summed E-state index contributed by atoms with van der Waals surface area (Å²) in [6, 6.07) is 5.53. The number of ether oxygens (including phenoxy) is 1. The Morgan fingerprint density at radius 2 is 1.96 bits per heavy atom. The van der Waals surface area contributed by atoms with Crippen molar-refractivity contribution in [3.63, 3.8) is 0 Å². The summed E-state index contributed by atoms with van der Waals surface area (Å²) in [6.45, 7) is 4.59. The van der Waals surface area contributed by atoms with Crippen LogP contribution < -0.4 is 15.4 Å². The minimum absolute atomic E-state index is 0.101. The summed E-state index contributed by atoms with van der Waals surface area (Å²) in [5.74, 6) is -0.448. The molecule has 0 aliphatic carbocycles. The minimum Gasteiger partial charge on any atom is -0.497 e. The number of benzene rings is 1. The zero-order chi connectivity index (χ0) is 20.7. The van der Waals surface area contributed by atoms with E-state index in [1.807, 2.05) is 6.92 Å². The van der Waals surface area contributed by atoms with Gasteiger partial charge in [-0.25, -0.2) is 8.42 Å². The number of sulfonamides is 1. The minimum atomic E-state index is -3.69. The fourth-order valence-corrected chi connectivity index (χ4v) is 4.59. The number of amides is 2. The molecule has 1 aromatic rings. The van der Waals surface area contributed by atoms with Crippen LogP contribution in [0.1, 0.15) is 33.1 Å². The average molecular weight is 412 g/mol. The number of carbonyl (C=O) groups is 2. The predicted octanol–water partition coefficient (Wildman–Crippen LogP) is 1.13. The van der Waals surface area contributed by atoms with Crippen LogP contribution in [0.3, 0.4) is 0 Å². The van der Waals surface area contributed by atoms with E-state index in [1.165, 1.54) is 23.5 Å². The number of nitrogens with one attached hydrogen (secondary N) is 2. The number of piperidine rings is 1. The summed E-state index contributed by atoms with van der Waals surface area (Å²) < 4.78 is 32.2. The van der Waals surface area contributed by atoms with Gasteiger partial charge in [-0.2, -0.15) is 4.31 Å². The molecule has 0 spiro atoms. The van der Waals surface area contributed by atoms with Gasteiger partial charge in [-0.3, -0.25) is 9.59 Å². The van der Waals surface area contributed by atoms with Crippen molar-refractivity contribution in [2.75, 3.05) is 26.7 Å². The van der Waals surface area contributed by atoms with Gasteiger partial charge in [0.1, 0.15) is 11.8 Å². The summed E-state index contributed by atoms with van der Waals surface area (Å²) in [5.41, 5.74) is 0. The Bertz CT molecular complexity index is 779. The normalized spacial score (nSPS) is 18.9. The first-order chi connectivity index (χ1) is 13.3. The van der Waals surface area contributed by atoms with Gasteiger partial charge in [0, 0.05) is 19.6 Å². The summed E-state index contributed by atoms with van der Waals surface area (Å²) in [6.07, 6.45) is 1.99. The lowest BCUT2D eigenvalue weighted by molar-refractivity contribution is -0.131. The van der Waals surface area contributed by atoms with Crippen LogP contribution in [-0.2, 0) is 19.6 Å². The first kappa shape index (κ1) is 22.2. The molecule has 2 atom stereocenters. The van der Waals surface area contributed by atoms with E-state index in [1.54, 1.807) is 19.1 Å². The van der Waals surface area contributed by atoms with Gasteiger partial charge in [0.25, 0.3) is 0 Å². The molecule has 2 rings (SSSR count). The fraction of sp³-hybridized carbons (Fsp3) is 0.579. The first-order valence-electron chi connectivity index (χ1n) is 9.52. The van der Waals surface area contributed by atoms with E-state index in [9.17, 15) is 18.0 Å². The van der Waals surface area contributed by atoms with E-state index in [4.69, 9.17) is 4.74 Å². The van der Waals surface area contributed by atoms with Crippen LogP contribution in [-0.4, -0.2) is 57.3 Å². The third-order valence-electron chi connectivity index (χ3n) is 4.75. The van der Waals surface area contributed by atoms with Crippen LogP contribution in [0, 0.1) is 5.92 Å². The van der Waals surface area contributed by atoms with Crippen molar-refractivity contribution in [3.05, 3.63) is 24.3 Å². The van der Waals surface area contributed by atoms with E-state index >= 15 is 0 Å². The van der Waals surface area contributed by atoms with E-state index in [2.05, 4.69) is 10.6 Å². The molecule has 1 heterocycles. The molecule has 0 saturated carbocycles. The topological polar surface area (TPSA) is 105 Å². The Balaban J connectivity index is 2.02. The van der Waals surface area contributed by atoms with E-state index in [-0.39, 0.29) is 23.3 Å². The van der Waals surface area contributed by atoms with Gasteiger partial charge in [0.15, 0.2) is 0 Å². The van der Waals surface area contributed by atoms with Crippen LogP contribution in [0.25, 0.3) is 0 Å². The highest BCUT2D eigenvalue weighted by molar-refractivity contribution is 7.89. The Morgan fingerprint density at radius 3 is 2.57 bits per heavy atom. The van der Waals surface area contributed by atoms with Crippen molar-refractivity contribution in [3.8, 4) is 5.75 Å². The molecule has 1 fully saturated rings. The quantitative estimate of drug-likeness (QED) is 0.667. The molecule has 156 valence electrons. The number of rotatable bonds is 8. The molecule has 0 radical (unpaired) electrons. The third-order valence-corrected chi connectivity index (χ3v) is 6.63. The fourth-order valence-electron chi connectivity index (χ4n) is 3.07. The zero-order valence-electron chi connectivity index (χ0n) is 16.6. The van der Waals surface area contributed by atoms with Gasteiger partial charge in [-0.15, -0.1) is 0 Å². The first-order valence-corrected chi connectivity index (χ1v) is 11.0. The molecule has 2 amide bonds. The highest BCUT2D eigenvalue weighted by Crippen LogP contribution is 2.25. The molecule has 1 saturated heterocycles. The molecule has 0 bridgehead atoms. The number of hydrogen-bond donors (Lipinski definition) is 2. The Labute approximate surface area is 166 Å². The monoisotopic (exact) mass is 411 g/mol. The maximum absolute atomic E-state index is 12.9. The molecule has 1 aliphatic heterocycles. The molecule has 2 N–H and O–H groups in total. The second-order valence-electron chi connectivity index (χ2n) is 6.90. The summed E-state index contributed by atoms with van der Waals surface area (Å²) in [4.78, 5) is 24.7. The number of nitrogens with zero attached hydrogens (tertiary/aromatic N) is 1. The average Bonchev–Trinajstić information content (AvgIpc) is 2.71. The zero-order valence-corrected chi connectivity index (χ0v) is 17.4. The maximum Gasteiger partial charge on any atom is 0.243 e. The van der Waals surface area contributed by atoms with Crippen LogP contribution >= 0.6 is 0 Å². The van der Waals surface area contributed by atoms with Crippen molar-refractivity contribution in [1.29, 1.82) is 0 Å². The van der Waals surface area contributed by atoms with Crippen LogP contribution in [0.4, 0.5) is 0 Å². The standard InChI is InChI=1S/C19H29N3O5S/c1-4-11-20-18(23)14(2)21-19(24)15-6-5-12-22(13-15)28(25,26)17-9-7-16(27-3)8-10-17/h7-10,14-15H,4-6,11-13H2,1-3H3,(H,20,23)(H,21,24)/t14-,15+/m1/s1. The van der Waals surface area contributed by atoms with Crippen LogP contribution in [0.2, 0.25) is 0 Å². The van der Waals surface area contributed by atoms with E-state index in [0.717, 1.165) is 6.42 Å². The summed E-state index contributed by atoms with van der Waals surface area (Å²) in [7, 11) is -2.18. The lowest BCUT2D eigenvalue weighted by Gasteiger charge is -2.31. The van der Waals surface area contributed by atoms with Gasteiger partial charge < -0.3 is 15.4 Å². The Hall–Kier alpha value is -2.13. The van der Waals surface area contributed by atoms with Gasteiger partial charge >= 0.3 is 0 Å². The van der Waals surface area contributed by atoms with Crippen molar-refractivity contribution in [1.82, 2.24) is 14.9 Å². The molecule has 9 heteroatoms. The molecule has 1 aromatic carbocycles. The van der Waals surface area contributed by atoms with Gasteiger partial charge in [0.05, 0.1) is 17.9 Å². The second-order valence-corrected chi connectivity index (χ2v) is 8.84. The highest BCUT2D eigenvalue weighted by Gasteiger charge is 2.34. The third kappa shape index (κ3) is 5.45. The molecule has 0 unspecified atom stereocenters. The SMILES string of the molecule is CCCNC(=O)[C@@H](C)NC(=O)[C@H]1CCCN(S(=O)(=O)c2ccc(OC)cc2)C1. The van der Waals surface area contributed by atoms with Gasteiger partial charge in [-0.1, -0.05) is 6.92 Å². The molecular weight excluding hydrogens is 382 g/mol. The van der Waals surface area contributed by atoms with Crippen molar-refractivity contribution >= 4 is 21.8 Å². The Morgan fingerprint density at radius 1 is 1.29 bits per heavy atom. The van der Waals surface area contributed by atoms with Crippen molar-refractivity contribution < 1.29 is 22.7 Å². The number of hydrogen-bond acceptors (Lipinski definition) is 5. The molecule has 1 aliphatic rings. The number of methoxy groups -OCH3 is 1. The predicted molar refractivity (Wildman–Crippen MR) is 105 cm³/mol. The molecule has 0 aromatic heterocycles. The summed E-state index contributed by atoms with van der Waals surface area (Å²) >= 11 is 0. The second kappa shape index (κ2) is 9.88. The van der Waals surface area contributed by atoms with Gasteiger partial charge in [-0.05, 0) is 50.5 Å². The maximum atomic E-state index is 12.9. The summed E-state index contributed by atoms with van der Waals surface area (Å²) in [5, 5.41) is 5.43. The largest absolute Gasteiger partial charge is 0.497 e. The molecule has 8 nitrogen and oxygen atoms in total. The van der Waals surface area contributed by atoms with Crippen LogP contribution in [0.5, 0.6) is 5.75 Å². The molecular formula is C19H29N3O5S. The molecule has 28 heavy (non-hydrogen) atoms. The lowest BCUT2D eigenvalue weighted by atomic mass is 9.98. The highest BCUT2D eigenvalue weighted by atomic mass is 32.2. The lowest BCUT2D eigenvalue weighted by Crippen LogP contribution is -2.50. The van der Waals surface area contributed by atoms with Crippen molar-refractivity contribution in [2.45, 2.75) is 44.0 Å². The smallest absolute Gasteiger partial charge is 0.243 e. The van der Waals surface area contributed by atoms with Crippen molar-refractivity contribution in [2.24, 2.45) is 5.92 Å². The Kier molecular flexibility index (Phi) is 7.82. The number of carbonyl (C=O) groups excluding carboxylic acids is 2. The van der Waals surface area contributed by atoms with E-state index < -0.39 is 22.0 Å².